The average Bonchev–Trinajstić information content (AvgIpc) is 3.21. The van der Waals surface area contributed by atoms with Gasteiger partial charge in [-0.1, -0.05) is 41.9 Å². The van der Waals surface area contributed by atoms with E-state index < -0.39 is 0 Å². The molecule has 0 aliphatic heterocycles. The Morgan fingerprint density at radius 3 is 2.80 bits per heavy atom. The van der Waals surface area contributed by atoms with Crippen LogP contribution in [0.1, 0.15) is 5.56 Å². The Balaban J connectivity index is 1.81. The van der Waals surface area contributed by atoms with E-state index in [2.05, 4.69) is 15.2 Å². The van der Waals surface area contributed by atoms with E-state index in [0.717, 1.165) is 16.5 Å². The van der Waals surface area contributed by atoms with E-state index in [0.29, 0.717) is 22.4 Å². The van der Waals surface area contributed by atoms with E-state index in [-0.39, 0.29) is 5.88 Å². The lowest BCUT2D eigenvalue weighted by Crippen LogP contribution is -1.98. The summed E-state index contributed by atoms with van der Waals surface area (Å²) in [5.41, 5.74) is 2.31. The normalized spacial score (nSPS) is 11.6. The molecule has 4 aromatic rings. The molecule has 0 saturated heterocycles. The second-order valence-corrected chi connectivity index (χ2v) is 6.73. The van der Waals surface area contributed by atoms with Crippen LogP contribution in [0, 0.1) is 0 Å². The maximum Gasteiger partial charge on any atom is 0.229 e. The van der Waals surface area contributed by atoms with Crippen molar-refractivity contribution in [3.05, 3.63) is 70.7 Å². The van der Waals surface area contributed by atoms with Crippen molar-refractivity contribution >= 4 is 44.7 Å². The molecule has 0 atom stereocenters. The fraction of sp³-hybridized carbons (Fsp3) is 0.0556. The van der Waals surface area contributed by atoms with Crippen LogP contribution >= 0.6 is 22.9 Å². The van der Waals surface area contributed by atoms with Gasteiger partial charge in [0.15, 0.2) is 5.69 Å². The van der Waals surface area contributed by atoms with E-state index >= 15 is 0 Å². The number of azo groups is 1. The van der Waals surface area contributed by atoms with Gasteiger partial charge in [0.05, 0.1) is 12.1 Å². The Morgan fingerprint density at radius 1 is 1.12 bits per heavy atom. The lowest BCUT2D eigenvalue weighted by atomic mass is 10.2. The lowest BCUT2D eigenvalue weighted by molar-refractivity contribution is 0.429. The first kappa shape index (κ1) is 15.8. The Hall–Kier alpha value is -2.70. The monoisotopic (exact) mass is 368 g/mol. The first-order valence-electron chi connectivity index (χ1n) is 7.58. The van der Waals surface area contributed by atoms with Crippen LogP contribution in [0.25, 0.3) is 10.9 Å². The summed E-state index contributed by atoms with van der Waals surface area (Å²) in [4.78, 5) is 4.08. The van der Waals surface area contributed by atoms with Gasteiger partial charge in [0.2, 0.25) is 11.0 Å². The first-order chi connectivity index (χ1) is 12.2. The summed E-state index contributed by atoms with van der Waals surface area (Å²) in [7, 11) is 0. The van der Waals surface area contributed by atoms with Gasteiger partial charge in [-0.2, -0.15) is 0 Å². The summed E-state index contributed by atoms with van der Waals surface area (Å²) in [6, 6.07) is 15.3. The smallest absolute Gasteiger partial charge is 0.229 e. The van der Waals surface area contributed by atoms with Crippen LogP contribution in [0.15, 0.2) is 70.3 Å². The molecule has 2 aromatic heterocycles. The number of para-hydroxylation sites is 1. The summed E-state index contributed by atoms with van der Waals surface area (Å²) >= 11 is 7.46. The topological polar surface area (TPSA) is 62.8 Å². The summed E-state index contributed by atoms with van der Waals surface area (Å²) in [5, 5.41) is 23.0. The van der Waals surface area contributed by atoms with Crippen molar-refractivity contribution in [2.75, 3.05) is 0 Å². The molecule has 0 radical (unpaired) electrons. The fourth-order valence-corrected chi connectivity index (χ4v) is 3.37. The maximum absolute atomic E-state index is 10.7. The van der Waals surface area contributed by atoms with Crippen LogP contribution < -0.4 is 0 Å². The van der Waals surface area contributed by atoms with Crippen LogP contribution in [-0.2, 0) is 6.54 Å². The quantitative estimate of drug-likeness (QED) is 0.454. The van der Waals surface area contributed by atoms with Crippen molar-refractivity contribution in [2.45, 2.75) is 6.54 Å². The Morgan fingerprint density at radius 2 is 2.00 bits per heavy atom. The second kappa shape index (κ2) is 6.66. The predicted molar refractivity (Wildman–Crippen MR) is 100 cm³/mol. The van der Waals surface area contributed by atoms with Gasteiger partial charge in [-0.05, 0) is 23.8 Å². The van der Waals surface area contributed by atoms with Crippen LogP contribution in [-0.4, -0.2) is 14.7 Å². The van der Waals surface area contributed by atoms with Crippen molar-refractivity contribution in [3.63, 3.8) is 0 Å². The number of hydrogen-bond acceptors (Lipinski definition) is 5. The number of aromatic nitrogens is 2. The molecule has 0 fully saturated rings. The molecule has 0 spiro atoms. The molecule has 2 heterocycles. The van der Waals surface area contributed by atoms with Gasteiger partial charge in [0.25, 0.3) is 0 Å². The number of aromatic hydroxyl groups is 1. The summed E-state index contributed by atoms with van der Waals surface area (Å²) < 4.78 is 1.80. The SMILES string of the molecule is Oc1c(N=Nc2nccs2)c2ccccc2n1Cc1cccc(Cl)c1. The zero-order valence-corrected chi connectivity index (χ0v) is 14.6. The molecule has 0 aliphatic rings. The van der Waals surface area contributed by atoms with Crippen LogP contribution in [0.3, 0.4) is 0 Å². The number of thiazole rings is 1. The molecule has 2 aromatic carbocycles. The molecule has 0 aliphatic carbocycles. The van der Waals surface area contributed by atoms with Crippen LogP contribution in [0.2, 0.25) is 5.02 Å². The van der Waals surface area contributed by atoms with Gasteiger partial charge in [0, 0.05) is 22.0 Å². The van der Waals surface area contributed by atoms with Gasteiger partial charge in [-0.3, -0.25) is 0 Å². The third-order valence-electron chi connectivity index (χ3n) is 3.80. The van der Waals surface area contributed by atoms with Crippen molar-refractivity contribution in [1.82, 2.24) is 9.55 Å². The van der Waals surface area contributed by atoms with E-state index in [1.165, 1.54) is 11.3 Å². The Kier molecular flexibility index (Phi) is 4.21. The highest BCUT2D eigenvalue weighted by molar-refractivity contribution is 7.13. The number of hydrogen-bond donors (Lipinski definition) is 1. The Bertz CT molecular complexity index is 1060. The molecule has 0 unspecified atom stereocenters. The van der Waals surface area contributed by atoms with Crippen LogP contribution in [0.5, 0.6) is 5.88 Å². The van der Waals surface area contributed by atoms with Gasteiger partial charge < -0.3 is 9.67 Å². The van der Waals surface area contributed by atoms with E-state index in [1.807, 2.05) is 53.9 Å². The van der Waals surface area contributed by atoms with E-state index in [4.69, 9.17) is 11.6 Å². The molecule has 7 heteroatoms. The number of nitrogens with zero attached hydrogens (tertiary/aromatic N) is 4. The van der Waals surface area contributed by atoms with E-state index in [9.17, 15) is 5.11 Å². The summed E-state index contributed by atoms with van der Waals surface area (Å²) in [5.74, 6) is 0.0708. The molecule has 0 bridgehead atoms. The Labute approximate surface area is 152 Å². The molecule has 0 saturated carbocycles. The van der Waals surface area contributed by atoms with E-state index in [1.54, 1.807) is 10.8 Å². The maximum atomic E-state index is 10.7. The zero-order chi connectivity index (χ0) is 17.2. The number of benzene rings is 2. The second-order valence-electron chi connectivity index (χ2n) is 5.42. The summed E-state index contributed by atoms with van der Waals surface area (Å²) in [6.07, 6.45) is 1.67. The molecule has 25 heavy (non-hydrogen) atoms. The van der Waals surface area contributed by atoms with Gasteiger partial charge in [-0.25, -0.2) is 4.98 Å². The first-order valence-corrected chi connectivity index (χ1v) is 8.84. The standard InChI is InChI=1S/C18H13ClN4OS/c19-13-5-3-4-12(10-13)11-23-15-7-2-1-6-14(15)16(17(23)24)21-22-18-20-8-9-25-18/h1-10,24H,11H2. The van der Waals surface area contributed by atoms with Crippen molar-refractivity contribution in [2.24, 2.45) is 10.2 Å². The van der Waals surface area contributed by atoms with Crippen molar-refractivity contribution in [3.8, 4) is 5.88 Å². The highest BCUT2D eigenvalue weighted by Crippen LogP contribution is 2.40. The number of halogens is 1. The highest BCUT2D eigenvalue weighted by atomic mass is 35.5. The molecular formula is C18H13ClN4OS. The minimum atomic E-state index is 0.0708. The predicted octanol–water partition coefficient (Wildman–Crippen LogP) is 5.92. The molecule has 5 nitrogen and oxygen atoms in total. The van der Waals surface area contributed by atoms with Crippen molar-refractivity contribution < 1.29 is 5.11 Å². The van der Waals surface area contributed by atoms with Gasteiger partial charge in [0.1, 0.15) is 0 Å². The lowest BCUT2D eigenvalue weighted by Gasteiger charge is -2.07. The highest BCUT2D eigenvalue weighted by Gasteiger charge is 2.16. The van der Waals surface area contributed by atoms with Gasteiger partial charge in [-0.15, -0.1) is 21.6 Å². The fourth-order valence-electron chi connectivity index (χ4n) is 2.71. The molecular weight excluding hydrogens is 356 g/mol. The van der Waals surface area contributed by atoms with Crippen LogP contribution in [0.4, 0.5) is 10.8 Å². The van der Waals surface area contributed by atoms with Crippen molar-refractivity contribution in [1.29, 1.82) is 0 Å². The minimum absolute atomic E-state index is 0.0708. The number of rotatable bonds is 4. The zero-order valence-electron chi connectivity index (χ0n) is 13.0. The average molecular weight is 369 g/mol. The summed E-state index contributed by atoms with van der Waals surface area (Å²) in [6.45, 7) is 0.486. The molecule has 1 N–H and O–H groups in total. The van der Waals surface area contributed by atoms with Gasteiger partial charge >= 0.3 is 0 Å². The number of fused-ring (bicyclic) bond motifs is 1. The molecule has 4 rings (SSSR count). The third kappa shape index (κ3) is 3.14. The molecule has 0 amide bonds. The minimum Gasteiger partial charge on any atom is -0.493 e. The molecule has 124 valence electrons. The largest absolute Gasteiger partial charge is 0.493 e. The third-order valence-corrected chi connectivity index (χ3v) is 4.69.